The molecular weight excluding hydrogens is 486 g/mol. The Kier molecular flexibility index (Phi) is 6.26. The Morgan fingerprint density at radius 1 is 1.03 bits per heavy atom. The predicted octanol–water partition coefficient (Wildman–Crippen LogP) is 5.34. The van der Waals surface area contributed by atoms with E-state index in [-0.39, 0.29) is 5.78 Å². The number of hydrogen-bond donors (Lipinski definition) is 0. The Balaban J connectivity index is 1.79. The molecule has 3 aromatic rings. The summed E-state index contributed by atoms with van der Waals surface area (Å²) in [6, 6.07) is 22.8. The number of esters is 1. The summed E-state index contributed by atoms with van der Waals surface area (Å²) < 4.78 is 5.27. The number of hydrogen-bond acceptors (Lipinski definition) is 6. The lowest BCUT2D eigenvalue weighted by molar-refractivity contribution is -0.150. The van der Waals surface area contributed by atoms with E-state index in [2.05, 4.69) is 6.07 Å². The van der Waals surface area contributed by atoms with Gasteiger partial charge in [0.25, 0.3) is 0 Å². The van der Waals surface area contributed by atoms with Gasteiger partial charge in [-0.05, 0) is 53.6 Å². The van der Waals surface area contributed by atoms with E-state index < -0.39 is 29.4 Å². The van der Waals surface area contributed by atoms with Crippen LogP contribution in [0.1, 0.15) is 27.4 Å². The van der Waals surface area contributed by atoms with Crippen LogP contribution in [-0.4, -0.2) is 45.0 Å². The molecule has 0 N–H and O–H groups in total. The maximum absolute atomic E-state index is 14.3. The zero-order chi connectivity index (χ0) is 26.3. The second kappa shape index (κ2) is 9.42. The van der Waals surface area contributed by atoms with Crippen molar-refractivity contribution in [1.82, 2.24) is 0 Å². The first-order chi connectivity index (χ1) is 17.8. The Morgan fingerprint density at radius 2 is 1.70 bits per heavy atom. The van der Waals surface area contributed by atoms with E-state index in [0.717, 1.165) is 16.9 Å². The van der Waals surface area contributed by atoms with E-state index in [1.54, 1.807) is 24.3 Å². The molecule has 2 heterocycles. The topological polar surface area (TPSA) is 73.6 Å². The maximum atomic E-state index is 14.3. The molecule has 0 spiro atoms. The predicted molar refractivity (Wildman–Crippen MR) is 145 cm³/mol. The molecule has 0 amide bonds. The number of halogens is 1. The first-order valence-corrected chi connectivity index (χ1v) is 12.3. The molecular formula is C30H26ClN3O3. The van der Waals surface area contributed by atoms with Crippen LogP contribution in [0.25, 0.3) is 6.08 Å². The van der Waals surface area contributed by atoms with Crippen LogP contribution < -0.4 is 9.80 Å². The highest BCUT2D eigenvalue weighted by molar-refractivity contribution is 6.30. The number of rotatable bonds is 5. The highest BCUT2D eigenvalue weighted by Crippen LogP contribution is 2.56. The molecule has 186 valence electrons. The van der Waals surface area contributed by atoms with Gasteiger partial charge in [0, 0.05) is 42.0 Å². The van der Waals surface area contributed by atoms with Gasteiger partial charge < -0.3 is 14.5 Å². The number of nitriles is 1. The van der Waals surface area contributed by atoms with Gasteiger partial charge in [-0.2, -0.15) is 5.26 Å². The number of ketones is 1. The molecule has 5 rings (SSSR count). The lowest BCUT2D eigenvalue weighted by atomic mass is 9.68. The number of para-hydroxylation sites is 1. The molecule has 0 aliphatic carbocycles. The summed E-state index contributed by atoms with van der Waals surface area (Å²) in [5, 5.41) is 11.3. The summed E-state index contributed by atoms with van der Waals surface area (Å²) >= 11 is 6.11. The molecule has 1 saturated heterocycles. The minimum atomic E-state index is -1.66. The number of benzene rings is 3. The Labute approximate surface area is 221 Å². The standard InChI is InChI=1S/C30H26ClN3O3/c1-33(2)23-15-10-20(11-16-23)26-27(28(35)21-8-13-22(31)14-9-21)34-24-7-5-4-6-19(24)12-17-25(34)30(26,18-32)29(36)37-3/h4-17,25-27H,1-3H3/t25?,26-,27+,30+/m1/s1. The Bertz CT molecular complexity index is 1430. The van der Waals surface area contributed by atoms with E-state index in [4.69, 9.17) is 16.3 Å². The summed E-state index contributed by atoms with van der Waals surface area (Å²) in [5.74, 6) is -1.67. The fraction of sp³-hybridized carbons (Fsp3) is 0.233. The largest absolute Gasteiger partial charge is 0.468 e. The third kappa shape index (κ3) is 3.78. The molecule has 7 heteroatoms. The van der Waals surface area contributed by atoms with Crippen molar-refractivity contribution in [2.45, 2.75) is 18.0 Å². The number of ether oxygens (including phenoxy) is 1. The average molecular weight is 512 g/mol. The number of nitrogens with zero attached hydrogens (tertiary/aromatic N) is 3. The highest BCUT2D eigenvalue weighted by atomic mass is 35.5. The van der Waals surface area contributed by atoms with Crippen LogP contribution in [0.4, 0.5) is 11.4 Å². The molecule has 3 aromatic carbocycles. The van der Waals surface area contributed by atoms with Crippen LogP contribution in [0.2, 0.25) is 5.02 Å². The van der Waals surface area contributed by atoms with Gasteiger partial charge in [0.05, 0.1) is 19.2 Å². The zero-order valence-corrected chi connectivity index (χ0v) is 21.5. The molecule has 4 atom stereocenters. The molecule has 2 aliphatic heterocycles. The first kappa shape index (κ1) is 24.6. The number of carbonyl (C=O) groups excluding carboxylic acids is 2. The molecule has 1 unspecified atom stereocenters. The van der Waals surface area contributed by atoms with Crippen LogP contribution in [-0.2, 0) is 9.53 Å². The molecule has 0 radical (unpaired) electrons. The number of carbonyl (C=O) groups is 2. The highest BCUT2D eigenvalue weighted by Gasteiger charge is 2.67. The van der Waals surface area contributed by atoms with E-state index >= 15 is 0 Å². The molecule has 2 aliphatic rings. The van der Waals surface area contributed by atoms with Crippen molar-refractivity contribution in [3.8, 4) is 6.07 Å². The van der Waals surface area contributed by atoms with Crippen molar-refractivity contribution in [2.24, 2.45) is 5.41 Å². The molecule has 0 bridgehead atoms. The van der Waals surface area contributed by atoms with Crippen molar-refractivity contribution in [2.75, 3.05) is 31.0 Å². The van der Waals surface area contributed by atoms with E-state index in [1.165, 1.54) is 7.11 Å². The van der Waals surface area contributed by atoms with Gasteiger partial charge in [0.15, 0.2) is 11.2 Å². The second-order valence-corrected chi connectivity index (χ2v) is 9.96. The lowest BCUT2D eigenvalue weighted by Gasteiger charge is -2.36. The molecule has 0 aromatic heterocycles. The summed E-state index contributed by atoms with van der Waals surface area (Å²) in [7, 11) is 5.16. The summed E-state index contributed by atoms with van der Waals surface area (Å²) in [5.41, 5.74) is 2.17. The van der Waals surface area contributed by atoms with Gasteiger partial charge in [-0.1, -0.05) is 54.1 Å². The average Bonchev–Trinajstić information content (AvgIpc) is 3.24. The van der Waals surface area contributed by atoms with Gasteiger partial charge in [-0.15, -0.1) is 0 Å². The summed E-state index contributed by atoms with van der Waals surface area (Å²) in [4.78, 5) is 31.8. The van der Waals surface area contributed by atoms with Gasteiger partial charge in [0.1, 0.15) is 6.04 Å². The first-order valence-electron chi connectivity index (χ1n) is 12.0. The van der Waals surface area contributed by atoms with Crippen LogP contribution in [0.15, 0.2) is 78.9 Å². The minimum absolute atomic E-state index is 0.200. The van der Waals surface area contributed by atoms with Gasteiger partial charge in [-0.3, -0.25) is 9.59 Å². The minimum Gasteiger partial charge on any atom is -0.468 e. The fourth-order valence-electron chi connectivity index (χ4n) is 5.67. The monoisotopic (exact) mass is 511 g/mol. The third-order valence-electron chi connectivity index (χ3n) is 7.42. The van der Waals surface area contributed by atoms with Crippen LogP contribution in [0.3, 0.4) is 0 Å². The van der Waals surface area contributed by atoms with Crippen molar-refractivity contribution < 1.29 is 14.3 Å². The molecule has 1 fully saturated rings. The van der Waals surface area contributed by atoms with Gasteiger partial charge >= 0.3 is 5.97 Å². The normalized spacial score (nSPS) is 23.5. The summed E-state index contributed by atoms with van der Waals surface area (Å²) in [6.45, 7) is 0. The molecule has 37 heavy (non-hydrogen) atoms. The quantitative estimate of drug-likeness (QED) is 0.340. The van der Waals surface area contributed by atoms with Gasteiger partial charge in [0.2, 0.25) is 0 Å². The van der Waals surface area contributed by atoms with Crippen LogP contribution >= 0.6 is 11.6 Å². The number of anilines is 2. The number of fused-ring (bicyclic) bond motifs is 3. The van der Waals surface area contributed by atoms with Crippen molar-refractivity contribution in [1.29, 1.82) is 5.26 Å². The zero-order valence-electron chi connectivity index (χ0n) is 20.8. The Hall–Kier alpha value is -4.08. The number of Topliss-reactive ketones (excluding diaryl/α,β-unsaturated/α-hetero) is 1. The van der Waals surface area contributed by atoms with Crippen LogP contribution in [0.5, 0.6) is 0 Å². The van der Waals surface area contributed by atoms with E-state index in [0.29, 0.717) is 16.1 Å². The molecule has 6 nitrogen and oxygen atoms in total. The van der Waals surface area contributed by atoms with Crippen LogP contribution in [0, 0.1) is 16.7 Å². The fourth-order valence-corrected chi connectivity index (χ4v) is 5.80. The number of methoxy groups -OCH3 is 1. The van der Waals surface area contributed by atoms with Crippen molar-refractivity contribution in [3.63, 3.8) is 0 Å². The maximum Gasteiger partial charge on any atom is 0.329 e. The second-order valence-electron chi connectivity index (χ2n) is 9.52. The van der Waals surface area contributed by atoms with E-state index in [9.17, 15) is 14.9 Å². The lowest BCUT2D eigenvalue weighted by Crippen LogP contribution is -2.46. The van der Waals surface area contributed by atoms with Crippen molar-refractivity contribution in [3.05, 3.63) is 101 Å². The van der Waals surface area contributed by atoms with Crippen molar-refractivity contribution >= 4 is 40.8 Å². The van der Waals surface area contributed by atoms with E-state index in [1.807, 2.05) is 84.6 Å². The third-order valence-corrected chi connectivity index (χ3v) is 7.67. The molecule has 0 saturated carbocycles. The summed E-state index contributed by atoms with van der Waals surface area (Å²) in [6.07, 6.45) is 3.76. The smallest absolute Gasteiger partial charge is 0.329 e. The van der Waals surface area contributed by atoms with Gasteiger partial charge in [-0.25, -0.2) is 0 Å². The SMILES string of the molecule is COC(=O)[C@@]1(C#N)C2C=Cc3ccccc3N2[C@H](C(=O)c2ccc(Cl)cc2)[C@H]1c1ccc(N(C)C)cc1. The Morgan fingerprint density at radius 3 is 2.32 bits per heavy atom.